The van der Waals surface area contributed by atoms with Crippen LogP contribution >= 0.6 is 0 Å². The summed E-state index contributed by atoms with van der Waals surface area (Å²) in [7, 11) is 0. The molecular formula is C9H6F3NO3. The summed E-state index contributed by atoms with van der Waals surface area (Å²) in [6.45, 7) is 0. The minimum atomic E-state index is -4.63. The van der Waals surface area contributed by atoms with Crippen molar-refractivity contribution in [2.75, 3.05) is 0 Å². The molecule has 0 radical (unpaired) electrons. The number of hydrogen-bond acceptors (Lipinski definition) is 2. The number of H-pyrrole nitrogens is 1. The zero-order valence-electron chi connectivity index (χ0n) is 7.71. The largest absolute Gasteiger partial charge is 0.478 e. The zero-order valence-corrected chi connectivity index (χ0v) is 7.71. The van der Waals surface area contributed by atoms with Gasteiger partial charge in [-0.05, 0) is 18.2 Å². The fourth-order valence-corrected chi connectivity index (χ4v) is 0.943. The number of hydrogen-bond donors (Lipinski definition) is 2. The van der Waals surface area contributed by atoms with Crippen LogP contribution in [0.4, 0.5) is 13.2 Å². The molecule has 1 aromatic heterocycles. The summed E-state index contributed by atoms with van der Waals surface area (Å²) < 4.78 is 36.4. The molecule has 86 valence electrons. The summed E-state index contributed by atoms with van der Waals surface area (Å²) in [5.41, 5.74) is -2.33. The number of carboxylic acid groups (broad SMARTS) is 1. The first-order chi connectivity index (χ1) is 7.30. The average molecular weight is 233 g/mol. The van der Waals surface area contributed by atoms with Gasteiger partial charge in [-0.1, -0.05) is 0 Å². The monoisotopic (exact) mass is 233 g/mol. The zero-order chi connectivity index (χ0) is 12.3. The lowest BCUT2D eigenvalue weighted by molar-refractivity contribution is -0.141. The minimum absolute atomic E-state index is 0.157. The van der Waals surface area contributed by atoms with Crippen molar-refractivity contribution in [3.63, 3.8) is 0 Å². The molecule has 16 heavy (non-hydrogen) atoms. The van der Waals surface area contributed by atoms with E-state index in [1.54, 1.807) is 4.98 Å². The Labute approximate surface area is 87.0 Å². The van der Waals surface area contributed by atoms with Crippen molar-refractivity contribution in [2.24, 2.45) is 0 Å². The van der Waals surface area contributed by atoms with Crippen molar-refractivity contribution in [2.45, 2.75) is 6.18 Å². The number of aromatic nitrogens is 1. The summed E-state index contributed by atoms with van der Waals surface area (Å²) >= 11 is 0. The maximum absolute atomic E-state index is 12.1. The highest BCUT2D eigenvalue weighted by Crippen LogP contribution is 2.26. The van der Waals surface area contributed by atoms with Gasteiger partial charge < -0.3 is 10.1 Å². The van der Waals surface area contributed by atoms with E-state index in [1.807, 2.05) is 0 Å². The molecule has 0 saturated heterocycles. The Bertz CT molecular complexity index is 488. The molecule has 1 heterocycles. The van der Waals surface area contributed by atoms with Gasteiger partial charge in [-0.3, -0.25) is 4.79 Å². The first-order valence-electron chi connectivity index (χ1n) is 4.02. The van der Waals surface area contributed by atoms with Gasteiger partial charge in [0.2, 0.25) is 0 Å². The number of pyridine rings is 1. The first kappa shape index (κ1) is 12.0. The second-order valence-corrected chi connectivity index (χ2v) is 2.83. The molecule has 0 aliphatic carbocycles. The summed E-state index contributed by atoms with van der Waals surface area (Å²) in [6.07, 6.45) is -3.05. The van der Waals surface area contributed by atoms with Gasteiger partial charge in [-0.25, -0.2) is 4.79 Å². The summed E-state index contributed by atoms with van der Waals surface area (Å²) in [6, 6.07) is 1.57. The van der Waals surface area contributed by atoms with Gasteiger partial charge >= 0.3 is 12.1 Å². The van der Waals surface area contributed by atoms with E-state index in [1.165, 1.54) is 0 Å². The average Bonchev–Trinajstić information content (AvgIpc) is 2.14. The summed E-state index contributed by atoms with van der Waals surface area (Å²) in [5.74, 6) is -1.29. The fraction of sp³-hybridized carbons (Fsp3) is 0.111. The second-order valence-electron chi connectivity index (χ2n) is 2.83. The van der Waals surface area contributed by atoms with Crippen LogP contribution < -0.4 is 5.56 Å². The van der Waals surface area contributed by atoms with Crippen molar-refractivity contribution in [3.05, 3.63) is 39.8 Å². The van der Waals surface area contributed by atoms with Crippen molar-refractivity contribution in [1.82, 2.24) is 4.98 Å². The highest BCUT2D eigenvalue weighted by Gasteiger charge is 2.31. The molecule has 0 aliphatic rings. The lowest BCUT2D eigenvalue weighted by Crippen LogP contribution is -2.17. The minimum Gasteiger partial charge on any atom is -0.478 e. The van der Waals surface area contributed by atoms with Crippen LogP contribution in [0.3, 0.4) is 0 Å². The van der Waals surface area contributed by atoms with Gasteiger partial charge in [0.15, 0.2) is 0 Å². The van der Waals surface area contributed by atoms with E-state index >= 15 is 0 Å². The highest BCUT2D eigenvalue weighted by atomic mass is 19.4. The van der Waals surface area contributed by atoms with Crippen LogP contribution in [-0.2, 0) is 11.0 Å². The molecule has 1 rings (SSSR count). The topological polar surface area (TPSA) is 70.2 Å². The Morgan fingerprint density at radius 2 is 2.00 bits per heavy atom. The van der Waals surface area contributed by atoms with Crippen LogP contribution in [0.2, 0.25) is 0 Å². The molecule has 4 nitrogen and oxygen atoms in total. The van der Waals surface area contributed by atoms with Gasteiger partial charge in [0, 0.05) is 11.6 Å². The van der Waals surface area contributed by atoms with Gasteiger partial charge in [0.25, 0.3) is 5.56 Å². The number of halogens is 3. The lowest BCUT2D eigenvalue weighted by atomic mass is 10.2. The molecular weight excluding hydrogens is 227 g/mol. The van der Waals surface area contributed by atoms with E-state index in [9.17, 15) is 22.8 Å². The second kappa shape index (κ2) is 4.21. The number of carboxylic acids is 1. The number of carbonyl (C=O) groups is 1. The Kier molecular flexibility index (Phi) is 3.17. The van der Waals surface area contributed by atoms with Crippen LogP contribution in [0.1, 0.15) is 11.3 Å². The van der Waals surface area contributed by atoms with Crippen molar-refractivity contribution in [1.29, 1.82) is 0 Å². The SMILES string of the molecule is O=C(O)C=Cc1ccc(C(F)(F)F)[nH]c1=O. The maximum Gasteiger partial charge on any atom is 0.431 e. The molecule has 0 saturated carbocycles. The summed E-state index contributed by atoms with van der Waals surface area (Å²) in [4.78, 5) is 22.8. The Balaban J connectivity index is 3.11. The molecule has 2 N–H and O–H groups in total. The molecule has 0 unspecified atom stereocenters. The van der Waals surface area contributed by atoms with Crippen LogP contribution in [0, 0.1) is 0 Å². The molecule has 7 heteroatoms. The smallest absolute Gasteiger partial charge is 0.431 e. The third kappa shape index (κ3) is 2.97. The van der Waals surface area contributed by atoms with E-state index in [0.29, 0.717) is 12.1 Å². The Hall–Kier alpha value is -2.05. The summed E-state index contributed by atoms with van der Waals surface area (Å²) in [5, 5.41) is 8.27. The molecule has 0 aromatic carbocycles. The quantitative estimate of drug-likeness (QED) is 0.760. The molecule has 1 aromatic rings. The van der Waals surface area contributed by atoms with Crippen molar-refractivity contribution >= 4 is 12.0 Å². The molecule has 0 fully saturated rings. The number of nitrogens with one attached hydrogen (secondary N) is 1. The van der Waals surface area contributed by atoms with Crippen LogP contribution in [0.5, 0.6) is 0 Å². The standard InChI is InChI=1S/C9H6F3NO3/c10-9(11,12)6-3-1-5(8(16)13-6)2-4-7(14)15/h1-4H,(H,13,16)(H,14,15). The first-order valence-corrected chi connectivity index (χ1v) is 4.02. The van der Waals surface area contributed by atoms with Crippen molar-refractivity contribution in [3.8, 4) is 0 Å². The van der Waals surface area contributed by atoms with Gasteiger partial charge in [0.05, 0.1) is 0 Å². The predicted octanol–water partition coefficient (Wildman–Crippen LogP) is 1.49. The van der Waals surface area contributed by atoms with Crippen LogP contribution in [0.25, 0.3) is 6.08 Å². The Morgan fingerprint density at radius 1 is 1.38 bits per heavy atom. The van der Waals surface area contributed by atoms with Crippen molar-refractivity contribution < 1.29 is 23.1 Å². The van der Waals surface area contributed by atoms with Gasteiger partial charge in [-0.15, -0.1) is 0 Å². The lowest BCUT2D eigenvalue weighted by Gasteiger charge is -2.05. The molecule has 0 aliphatic heterocycles. The van der Waals surface area contributed by atoms with E-state index in [2.05, 4.69) is 0 Å². The van der Waals surface area contributed by atoms with Crippen LogP contribution in [0.15, 0.2) is 23.0 Å². The molecule has 0 bridgehead atoms. The normalized spacial score (nSPS) is 11.9. The Morgan fingerprint density at radius 3 is 2.44 bits per heavy atom. The third-order valence-corrected chi connectivity index (χ3v) is 1.65. The van der Waals surface area contributed by atoms with E-state index in [-0.39, 0.29) is 5.56 Å². The number of alkyl halides is 3. The van der Waals surface area contributed by atoms with Gasteiger partial charge in [-0.2, -0.15) is 13.2 Å². The molecule has 0 spiro atoms. The molecule has 0 amide bonds. The third-order valence-electron chi connectivity index (χ3n) is 1.65. The van der Waals surface area contributed by atoms with E-state index in [0.717, 1.165) is 12.1 Å². The highest BCUT2D eigenvalue weighted by molar-refractivity contribution is 5.85. The van der Waals surface area contributed by atoms with Gasteiger partial charge in [0.1, 0.15) is 5.69 Å². The van der Waals surface area contributed by atoms with E-state index < -0.39 is 23.4 Å². The fourth-order valence-electron chi connectivity index (χ4n) is 0.943. The number of aromatic amines is 1. The van der Waals surface area contributed by atoms with E-state index in [4.69, 9.17) is 5.11 Å². The predicted molar refractivity (Wildman–Crippen MR) is 48.7 cm³/mol. The number of rotatable bonds is 2. The maximum atomic E-state index is 12.1. The molecule has 0 atom stereocenters. The van der Waals surface area contributed by atoms with Crippen LogP contribution in [-0.4, -0.2) is 16.1 Å². The number of aliphatic carboxylic acids is 1.